The Kier molecular flexibility index (Phi) is 4.09. The van der Waals surface area contributed by atoms with Crippen LogP contribution in [0.25, 0.3) is 0 Å². The summed E-state index contributed by atoms with van der Waals surface area (Å²) in [5.41, 5.74) is -0.616. The minimum atomic E-state index is -0.428. The highest BCUT2D eigenvalue weighted by molar-refractivity contribution is 5.68. The lowest BCUT2D eigenvalue weighted by molar-refractivity contribution is -0.0532. The van der Waals surface area contributed by atoms with Crippen molar-refractivity contribution in [3.05, 3.63) is 0 Å². The van der Waals surface area contributed by atoms with E-state index in [-0.39, 0.29) is 11.7 Å². The Morgan fingerprint density at radius 3 is 2.58 bits per heavy atom. The summed E-state index contributed by atoms with van der Waals surface area (Å²) < 4.78 is 11.5. The van der Waals surface area contributed by atoms with Gasteiger partial charge in [0, 0.05) is 6.54 Å². The second kappa shape index (κ2) is 5.31. The van der Waals surface area contributed by atoms with Gasteiger partial charge in [-0.05, 0) is 52.9 Å². The molecule has 1 aliphatic carbocycles. The molecule has 110 valence electrons. The third kappa shape index (κ3) is 4.10. The van der Waals surface area contributed by atoms with Gasteiger partial charge in [-0.25, -0.2) is 4.79 Å². The van der Waals surface area contributed by atoms with Gasteiger partial charge in [0.1, 0.15) is 5.60 Å². The number of nitrogens with zero attached hydrogens (tertiary/aromatic N) is 1. The molecule has 1 saturated carbocycles. The van der Waals surface area contributed by atoms with Crippen molar-refractivity contribution >= 4 is 6.09 Å². The molecule has 2 aliphatic rings. The summed E-state index contributed by atoms with van der Waals surface area (Å²) in [5.74, 6) is 0.743. The summed E-state index contributed by atoms with van der Waals surface area (Å²) in [7, 11) is 0. The van der Waals surface area contributed by atoms with Crippen LogP contribution in [0.1, 0.15) is 53.4 Å². The number of hydrogen-bond acceptors (Lipinski definition) is 3. The highest BCUT2D eigenvalue weighted by Gasteiger charge is 2.39. The van der Waals surface area contributed by atoms with E-state index in [1.54, 1.807) is 4.90 Å². The van der Waals surface area contributed by atoms with Gasteiger partial charge in [0.05, 0.1) is 18.8 Å². The van der Waals surface area contributed by atoms with Crippen molar-refractivity contribution in [3.8, 4) is 0 Å². The fourth-order valence-electron chi connectivity index (χ4n) is 2.51. The molecule has 0 spiro atoms. The van der Waals surface area contributed by atoms with Crippen LogP contribution in [0.5, 0.6) is 0 Å². The maximum atomic E-state index is 12.0. The van der Waals surface area contributed by atoms with Gasteiger partial charge < -0.3 is 14.4 Å². The molecular formula is C15H27NO3. The average molecular weight is 269 g/mol. The molecule has 4 heteroatoms. The molecular weight excluding hydrogens is 242 g/mol. The topological polar surface area (TPSA) is 38.8 Å². The van der Waals surface area contributed by atoms with Crippen molar-refractivity contribution in [1.29, 1.82) is 0 Å². The lowest BCUT2D eigenvalue weighted by Gasteiger charge is -2.31. The molecule has 0 aromatic heterocycles. The van der Waals surface area contributed by atoms with E-state index < -0.39 is 5.60 Å². The van der Waals surface area contributed by atoms with Crippen molar-refractivity contribution in [2.45, 2.75) is 64.6 Å². The minimum absolute atomic E-state index is 0.188. The first kappa shape index (κ1) is 14.6. The first-order chi connectivity index (χ1) is 8.77. The normalized spacial score (nSPS) is 28.3. The first-order valence-electron chi connectivity index (χ1n) is 7.39. The van der Waals surface area contributed by atoms with Gasteiger partial charge in [0.2, 0.25) is 0 Å². The zero-order chi connectivity index (χ0) is 14.1. The quantitative estimate of drug-likeness (QED) is 0.789. The molecule has 1 amide bonds. The Bertz CT molecular complexity index is 333. The molecule has 1 heterocycles. The van der Waals surface area contributed by atoms with Crippen LogP contribution in [0.2, 0.25) is 0 Å². The van der Waals surface area contributed by atoms with Crippen molar-refractivity contribution in [1.82, 2.24) is 4.90 Å². The van der Waals surface area contributed by atoms with Crippen LogP contribution in [0, 0.1) is 5.92 Å². The maximum Gasteiger partial charge on any atom is 0.410 e. The zero-order valence-corrected chi connectivity index (χ0v) is 12.7. The van der Waals surface area contributed by atoms with Crippen molar-refractivity contribution in [2.24, 2.45) is 5.92 Å². The summed E-state index contributed by atoms with van der Waals surface area (Å²) in [5, 5.41) is 0. The Morgan fingerprint density at radius 1 is 1.37 bits per heavy atom. The molecule has 0 aromatic rings. The van der Waals surface area contributed by atoms with Crippen LogP contribution in [0.4, 0.5) is 4.79 Å². The predicted molar refractivity (Wildman–Crippen MR) is 74.1 cm³/mol. The summed E-state index contributed by atoms with van der Waals surface area (Å²) in [4.78, 5) is 13.8. The molecule has 1 unspecified atom stereocenters. The number of carbonyl (C=O) groups is 1. The highest BCUT2D eigenvalue weighted by Crippen LogP contribution is 2.31. The molecule has 2 rings (SSSR count). The van der Waals surface area contributed by atoms with Gasteiger partial charge in [-0.15, -0.1) is 0 Å². The van der Waals surface area contributed by atoms with Crippen LogP contribution in [-0.4, -0.2) is 41.9 Å². The Labute approximate surface area is 116 Å². The second-order valence-corrected chi connectivity index (χ2v) is 7.21. The van der Waals surface area contributed by atoms with Gasteiger partial charge >= 0.3 is 6.09 Å². The predicted octanol–water partition coefficient (Wildman–Crippen LogP) is 3.20. The van der Waals surface area contributed by atoms with E-state index in [9.17, 15) is 4.79 Å². The van der Waals surface area contributed by atoms with Crippen LogP contribution in [-0.2, 0) is 9.47 Å². The van der Waals surface area contributed by atoms with Gasteiger partial charge in [-0.1, -0.05) is 6.42 Å². The number of amides is 1. The summed E-state index contributed by atoms with van der Waals surface area (Å²) in [6.45, 7) is 10.0. The third-order valence-electron chi connectivity index (χ3n) is 3.98. The van der Waals surface area contributed by atoms with E-state index >= 15 is 0 Å². The van der Waals surface area contributed by atoms with Crippen molar-refractivity contribution < 1.29 is 14.3 Å². The molecule has 19 heavy (non-hydrogen) atoms. The monoisotopic (exact) mass is 269 g/mol. The molecule has 1 aliphatic heterocycles. The molecule has 1 saturated heterocycles. The van der Waals surface area contributed by atoms with E-state index in [0.717, 1.165) is 25.5 Å². The Hall–Kier alpha value is -0.770. The van der Waals surface area contributed by atoms with Crippen LogP contribution < -0.4 is 0 Å². The second-order valence-electron chi connectivity index (χ2n) is 7.21. The third-order valence-corrected chi connectivity index (χ3v) is 3.98. The van der Waals surface area contributed by atoms with Gasteiger partial charge in [0.25, 0.3) is 0 Å². The van der Waals surface area contributed by atoms with Crippen LogP contribution in [0.3, 0.4) is 0 Å². The molecule has 0 radical (unpaired) electrons. The lowest BCUT2D eigenvalue weighted by Crippen LogP contribution is -2.40. The minimum Gasteiger partial charge on any atom is -0.444 e. The Balaban J connectivity index is 1.78. The number of rotatable bonds is 3. The van der Waals surface area contributed by atoms with Crippen LogP contribution in [0.15, 0.2) is 0 Å². The van der Waals surface area contributed by atoms with E-state index in [4.69, 9.17) is 9.47 Å². The lowest BCUT2D eigenvalue weighted by atomic mass is 9.86. The van der Waals surface area contributed by atoms with E-state index in [1.165, 1.54) is 19.3 Å². The Morgan fingerprint density at radius 2 is 2.05 bits per heavy atom. The fourth-order valence-corrected chi connectivity index (χ4v) is 2.51. The van der Waals surface area contributed by atoms with Gasteiger partial charge in [0.15, 0.2) is 0 Å². The maximum absolute atomic E-state index is 12.0. The van der Waals surface area contributed by atoms with E-state index in [1.807, 2.05) is 20.8 Å². The van der Waals surface area contributed by atoms with E-state index in [2.05, 4.69) is 6.92 Å². The van der Waals surface area contributed by atoms with Crippen LogP contribution >= 0.6 is 0 Å². The molecule has 2 fully saturated rings. The summed E-state index contributed by atoms with van der Waals surface area (Å²) >= 11 is 0. The first-order valence-corrected chi connectivity index (χ1v) is 7.39. The number of likely N-dealkylation sites (tertiary alicyclic amines) is 1. The largest absolute Gasteiger partial charge is 0.444 e. The fraction of sp³-hybridized carbons (Fsp3) is 0.933. The van der Waals surface area contributed by atoms with Crippen molar-refractivity contribution in [3.63, 3.8) is 0 Å². The molecule has 0 N–H and O–H groups in total. The average Bonchev–Trinajstić information content (AvgIpc) is 2.56. The number of carbonyl (C=O) groups excluding carboxylic acids is 1. The molecule has 0 aromatic carbocycles. The highest BCUT2D eigenvalue weighted by atomic mass is 16.6. The van der Waals surface area contributed by atoms with Gasteiger partial charge in [-0.3, -0.25) is 0 Å². The number of ether oxygens (including phenoxy) is 2. The number of hydrogen-bond donors (Lipinski definition) is 0. The molecule has 1 atom stereocenters. The SMILES string of the molecule is CC(C)(C)OC(=O)N1CCC(C)(OCC2CCC2)C1. The standard InChI is InChI=1S/C15H27NO3/c1-14(2,3)19-13(17)16-9-8-15(4,11-16)18-10-12-6-5-7-12/h12H,5-11H2,1-4H3. The molecule has 0 bridgehead atoms. The smallest absolute Gasteiger partial charge is 0.410 e. The molecule has 4 nitrogen and oxygen atoms in total. The van der Waals surface area contributed by atoms with Crippen molar-refractivity contribution in [2.75, 3.05) is 19.7 Å². The van der Waals surface area contributed by atoms with Gasteiger partial charge in [-0.2, -0.15) is 0 Å². The zero-order valence-electron chi connectivity index (χ0n) is 12.7. The summed E-state index contributed by atoms with van der Waals surface area (Å²) in [6, 6.07) is 0. The summed E-state index contributed by atoms with van der Waals surface area (Å²) in [6.07, 6.45) is 4.62. The van der Waals surface area contributed by atoms with E-state index in [0.29, 0.717) is 6.54 Å².